The zero-order valence-corrected chi connectivity index (χ0v) is 15.6. The molecule has 1 aromatic rings. The van der Waals surface area contributed by atoms with Crippen molar-refractivity contribution in [3.8, 4) is 0 Å². The molecule has 2 saturated carbocycles. The summed E-state index contributed by atoms with van der Waals surface area (Å²) in [6.45, 7) is 6.01. The lowest BCUT2D eigenvalue weighted by Crippen LogP contribution is -2.54. The van der Waals surface area contributed by atoms with Gasteiger partial charge in [-0.1, -0.05) is 26.3 Å². The van der Waals surface area contributed by atoms with E-state index in [0.717, 1.165) is 12.1 Å². The Kier molecular flexibility index (Phi) is 3.70. The number of nitrogens with one attached hydrogen (secondary N) is 1. The van der Waals surface area contributed by atoms with Crippen molar-refractivity contribution in [2.75, 3.05) is 6.54 Å². The van der Waals surface area contributed by atoms with Crippen LogP contribution in [0.3, 0.4) is 0 Å². The van der Waals surface area contributed by atoms with Crippen LogP contribution in [-0.2, 0) is 20.8 Å². The van der Waals surface area contributed by atoms with Crippen LogP contribution in [0.1, 0.15) is 45.2 Å². The summed E-state index contributed by atoms with van der Waals surface area (Å²) < 4.78 is 12.3. The lowest BCUT2D eigenvalue weighted by molar-refractivity contribution is -0.146. The molecule has 0 bridgehead atoms. The number of esters is 1. The van der Waals surface area contributed by atoms with Gasteiger partial charge in [0.1, 0.15) is 11.7 Å². The highest BCUT2D eigenvalue weighted by molar-refractivity contribution is 5.76. The topological polar surface area (TPSA) is 63.8 Å². The molecule has 0 aromatic carbocycles. The molecular formula is C21H28N2O3. The van der Waals surface area contributed by atoms with Crippen LogP contribution in [-0.4, -0.2) is 35.3 Å². The molecule has 0 radical (unpaired) electrons. The Labute approximate surface area is 154 Å². The molecule has 3 heterocycles. The molecule has 4 aliphatic rings. The van der Waals surface area contributed by atoms with Gasteiger partial charge in [-0.05, 0) is 37.3 Å². The number of carbonyl (C=O) groups is 1. The Morgan fingerprint density at radius 1 is 1.38 bits per heavy atom. The molecule has 2 aliphatic carbocycles. The Morgan fingerprint density at radius 3 is 3.08 bits per heavy atom. The van der Waals surface area contributed by atoms with Crippen LogP contribution in [0.2, 0.25) is 0 Å². The summed E-state index contributed by atoms with van der Waals surface area (Å²) in [5.74, 6) is 0.623. The SMILES string of the molecule is C[C@H]1CCC[C@]2(C)C[C@H]3OC(=O)[C@H](CNCc4ccccn4)[C@H]3[C@H]3O[C@@]312. The molecule has 1 N–H and O–H groups in total. The maximum Gasteiger partial charge on any atom is 0.311 e. The van der Waals surface area contributed by atoms with Crippen LogP contribution in [0.4, 0.5) is 0 Å². The van der Waals surface area contributed by atoms with Gasteiger partial charge in [-0.2, -0.15) is 0 Å². The molecule has 7 atom stereocenters. The number of aromatic nitrogens is 1. The molecule has 2 saturated heterocycles. The van der Waals surface area contributed by atoms with Crippen LogP contribution in [0, 0.1) is 23.2 Å². The van der Waals surface area contributed by atoms with E-state index in [2.05, 4.69) is 24.1 Å². The first kappa shape index (κ1) is 16.7. The number of epoxide rings is 1. The molecule has 5 rings (SSSR count). The van der Waals surface area contributed by atoms with Crippen molar-refractivity contribution in [2.45, 2.75) is 63.9 Å². The van der Waals surface area contributed by atoms with Crippen molar-refractivity contribution in [1.82, 2.24) is 10.3 Å². The van der Waals surface area contributed by atoms with Gasteiger partial charge in [0.25, 0.3) is 0 Å². The maximum absolute atomic E-state index is 12.6. The molecule has 1 aromatic heterocycles. The van der Waals surface area contributed by atoms with E-state index in [4.69, 9.17) is 9.47 Å². The van der Waals surface area contributed by atoms with Crippen molar-refractivity contribution in [1.29, 1.82) is 0 Å². The van der Waals surface area contributed by atoms with Crippen LogP contribution in [0.25, 0.3) is 0 Å². The molecule has 5 heteroatoms. The maximum atomic E-state index is 12.6. The fraction of sp³-hybridized carbons (Fsp3) is 0.714. The summed E-state index contributed by atoms with van der Waals surface area (Å²) in [6.07, 6.45) is 6.66. The lowest BCUT2D eigenvalue weighted by Gasteiger charge is -2.48. The Balaban J connectivity index is 1.32. The third-order valence-electron chi connectivity index (χ3n) is 7.59. The van der Waals surface area contributed by atoms with Crippen LogP contribution in [0.15, 0.2) is 24.4 Å². The predicted molar refractivity (Wildman–Crippen MR) is 96.1 cm³/mol. The first-order valence-corrected chi connectivity index (χ1v) is 10.0. The number of nitrogens with zero attached hydrogens (tertiary/aromatic N) is 1. The summed E-state index contributed by atoms with van der Waals surface area (Å²) in [7, 11) is 0. The van der Waals surface area contributed by atoms with Crippen molar-refractivity contribution >= 4 is 5.97 Å². The second-order valence-electron chi connectivity index (χ2n) is 9.00. The highest BCUT2D eigenvalue weighted by Gasteiger charge is 2.78. The van der Waals surface area contributed by atoms with E-state index in [1.54, 1.807) is 6.20 Å². The summed E-state index contributed by atoms with van der Waals surface area (Å²) in [5.41, 5.74) is 1.14. The van der Waals surface area contributed by atoms with Crippen molar-refractivity contribution in [2.24, 2.45) is 23.2 Å². The minimum atomic E-state index is -0.105. The van der Waals surface area contributed by atoms with E-state index in [1.165, 1.54) is 19.3 Å². The fourth-order valence-electron chi connectivity index (χ4n) is 6.32. The van der Waals surface area contributed by atoms with Crippen LogP contribution in [0.5, 0.6) is 0 Å². The zero-order valence-electron chi connectivity index (χ0n) is 15.6. The Bertz CT molecular complexity index is 710. The van der Waals surface area contributed by atoms with Crippen molar-refractivity contribution in [3.63, 3.8) is 0 Å². The van der Waals surface area contributed by atoms with Crippen LogP contribution >= 0.6 is 0 Å². The van der Waals surface area contributed by atoms with E-state index in [1.807, 2.05) is 18.2 Å². The molecule has 4 fully saturated rings. The van der Waals surface area contributed by atoms with Crippen molar-refractivity contribution in [3.05, 3.63) is 30.1 Å². The number of ether oxygens (including phenoxy) is 2. The quantitative estimate of drug-likeness (QED) is 0.664. The number of carbonyl (C=O) groups excluding carboxylic acids is 1. The summed E-state index contributed by atoms with van der Waals surface area (Å²) >= 11 is 0. The monoisotopic (exact) mass is 356 g/mol. The summed E-state index contributed by atoms with van der Waals surface area (Å²) in [6, 6.07) is 5.90. The van der Waals surface area contributed by atoms with E-state index < -0.39 is 0 Å². The first-order chi connectivity index (χ1) is 12.6. The van der Waals surface area contributed by atoms with E-state index in [9.17, 15) is 4.79 Å². The summed E-state index contributed by atoms with van der Waals surface area (Å²) in [5, 5.41) is 3.42. The van der Waals surface area contributed by atoms with Crippen LogP contribution < -0.4 is 5.32 Å². The third kappa shape index (κ3) is 2.23. The average Bonchev–Trinajstić information content (AvgIpc) is 3.30. The molecular weight excluding hydrogens is 328 g/mol. The fourth-order valence-corrected chi connectivity index (χ4v) is 6.32. The molecule has 26 heavy (non-hydrogen) atoms. The first-order valence-electron chi connectivity index (χ1n) is 10.0. The lowest BCUT2D eigenvalue weighted by atomic mass is 9.53. The zero-order chi connectivity index (χ0) is 17.9. The minimum absolute atomic E-state index is 0.0143. The van der Waals surface area contributed by atoms with Gasteiger partial charge < -0.3 is 14.8 Å². The second-order valence-corrected chi connectivity index (χ2v) is 9.00. The van der Waals surface area contributed by atoms with Gasteiger partial charge in [-0.3, -0.25) is 9.78 Å². The number of hydrogen-bond donors (Lipinski definition) is 1. The van der Waals surface area contributed by atoms with Gasteiger partial charge in [0.05, 0.1) is 17.7 Å². The second kappa shape index (κ2) is 5.77. The molecule has 5 nitrogen and oxygen atoms in total. The Hall–Kier alpha value is -1.46. The van der Waals surface area contributed by atoms with Gasteiger partial charge in [0, 0.05) is 30.6 Å². The smallest absolute Gasteiger partial charge is 0.311 e. The van der Waals surface area contributed by atoms with E-state index in [0.29, 0.717) is 19.0 Å². The third-order valence-corrected chi connectivity index (χ3v) is 7.59. The minimum Gasteiger partial charge on any atom is -0.462 e. The summed E-state index contributed by atoms with van der Waals surface area (Å²) in [4.78, 5) is 16.9. The predicted octanol–water partition coefficient (Wildman–Crippen LogP) is 2.70. The van der Waals surface area contributed by atoms with Gasteiger partial charge in [0.2, 0.25) is 0 Å². The highest BCUT2D eigenvalue weighted by atomic mass is 16.6. The van der Waals surface area contributed by atoms with E-state index >= 15 is 0 Å². The Morgan fingerprint density at radius 2 is 2.27 bits per heavy atom. The normalized spacial score (nSPS) is 46.1. The number of fused-ring (bicyclic) bond motifs is 2. The van der Waals surface area contributed by atoms with E-state index in [-0.39, 0.29) is 41.0 Å². The number of hydrogen-bond acceptors (Lipinski definition) is 5. The molecule has 1 spiro atoms. The molecule has 140 valence electrons. The molecule has 2 aliphatic heterocycles. The standard InChI is InChI=1S/C21H28N2O3/c1-13-6-5-8-20(2)10-16-17(18-21(13,20)26-18)15(19(24)25-16)12-22-11-14-7-3-4-9-23-14/h3-4,7,9,13,15-18,22H,5-6,8,10-12H2,1-2H3/t13-,15+,16+,17+,18+,20+,21+/m0/s1. The van der Waals surface area contributed by atoms with Crippen molar-refractivity contribution < 1.29 is 14.3 Å². The van der Waals surface area contributed by atoms with Gasteiger partial charge in [-0.15, -0.1) is 0 Å². The van der Waals surface area contributed by atoms with Gasteiger partial charge in [0.15, 0.2) is 0 Å². The van der Waals surface area contributed by atoms with Gasteiger partial charge in [-0.25, -0.2) is 0 Å². The average molecular weight is 356 g/mol. The molecule has 0 unspecified atom stereocenters. The number of rotatable bonds is 4. The molecule has 0 amide bonds. The van der Waals surface area contributed by atoms with Gasteiger partial charge >= 0.3 is 5.97 Å². The highest BCUT2D eigenvalue weighted by Crippen LogP contribution is 2.70. The largest absolute Gasteiger partial charge is 0.462 e. The number of pyridine rings is 1.